The first kappa shape index (κ1) is 59.2. The van der Waals surface area contributed by atoms with Gasteiger partial charge in [-0.2, -0.15) is 0 Å². The van der Waals surface area contributed by atoms with Crippen molar-refractivity contribution in [2.75, 3.05) is 39.6 Å². The number of aliphatic hydroxyl groups is 19. The number of hydrogen-bond donors (Lipinski definition) is 21. The standard InChI is InChI=1S/C36H63O34P/c37-1-7-13(42)20(49)30(31(55)60-7)70-36-25(54)29(18(47)11(5-41)64-36)69-35-24(53)28(17(46)10(4-40)63-35)68-34-23(52)27(16(45)9(3-39)62-34)67-33-22(51)26(15(44)8(2-38)61-33)66-32-21(50)19(48)14(43)12(65-32)6-59-71(56,57)58/h7-55H,1-6H2,(H2,56,57,58)/t7-,8-,9-,10-,11-,12-,13-,14-,15-,16-,17-,18-,19+,20+,21+,22+,23+,24+,25+,26+,27+,28+,29+,30+,31?,32-,33-,34-,35-,36-/m1/s1. The Morgan fingerprint density at radius 3 is 0.887 bits per heavy atom. The summed E-state index contributed by atoms with van der Waals surface area (Å²) in [6.07, 6.45) is -60.7. The number of ether oxygens (including phenoxy) is 11. The van der Waals surface area contributed by atoms with Crippen LogP contribution in [0, 0.1) is 0 Å². The second-order valence-electron chi connectivity index (χ2n) is 17.4. The van der Waals surface area contributed by atoms with E-state index in [9.17, 15) is 102 Å². The van der Waals surface area contributed by atoms with Gasteiger partial charge >= 0.3 is 7.82 Å². The fourth-order valence-corrected chi connectivity index (χ4v) is 8.98. The molecule has 6 aliphatic rings. The van der Waals surface area contributed by atoms with Crippen LogP contribution in [0.1, 0.15) is 0 Å². The van der Waals surface area contributed by atoms with E-state index in [0.717, 1.165) is 0 Å². The quantitative estimate of drug-likeness (QED) is 0.0567. The van der Waals surface area contributed by atoms with Gasteiger partial charge in [0.25, 0.3) is 0 Å². The first-order valence-electron chi connectivity index (χ1n) is 21.9. The van der Waals surface area contributed by atoms with E-state index in [0.29, 0.717) is 0 Å². The van der Waals surface area contributed by atoms with E-state index in [-0.39, 0.29) is 0 Å². The summed E-state index contributed by atoms with van der Waals surface area (Å²) in [4.78, 5) is 18.2. The molecule has 34 nitrogen and oxygen atoms in total. The van der Waals surface area contributed by atoms with E-state index in [4.69, 9.17) is 61.9 Å². The third-order valence-corrected chi connectivity index (χ3v) is 13.1. The third-order valence-electron chi connectivity index (χ3n) is 12.7. The molecule has 0 saturated carbocycles. The lowest BCUT2D eigenvalue weighted by Crippen LogP contribution is -2.68. The Balaban J connectivity index is 1.18. The van der Waals surface area contributed by atoms with Crippen molar-refractivity contribution in [3.05, 3.63) is 0 Å². The maximum absolute atomic E-state index is 11.6. The first-order valence-corrected chi connectivity index (χ1v) is 23.4. The van der Waals surface area contributed by atoms with Gasteiger partial charge in [-0.05, 0) is 0 Å². The maximum Gasteiger partial charge on any atom is 0.469 e. The summed E-state index contributed by atoms with van der Waals surface area (Å²) in [6.45, 7) is -6.13. The molecule has 6 heterocycles. The topological polar surface area (TPSA) is 553 Å². The second kappa shape index (κ2) is 24.9. The second-order valence-corrected chi connectivity index (χ2v) is 18.6. The fourth-order valence-electron chi connectivity index (χ4n) is 8.64. The molecule has 0 aromatic carbocycles. The molecule has 6 saturated heterocycles. The largest absolute Gasteiger partial charge is 0.469 e. The van der Waals surface area contributed by atoms with Gasteiger partial charge in [0.05, 0.1) is 39.6 Å². The third kappa shape index (κ3) is 12.9. The SMILES string of the molecule is O=P(O)(O)OC[C@H]1O[C@H](O[C@@H]2[C@H](O)[C@@H](O[C@@H]3[C@H](O)[C@@H](O[C@@H]4[C@H](O)[C@@H](O[C@@H]5[C@H](O)[C@@H](O[C@@H]6C(O)O[C@H](CO)[C@@H](O)[C@@H]6O)O[C@H](CO)[C@H]5O)O[C@H](CO)[C@H]4O)O[C@H](CO)[C@H]3O)O[C@H](CO)[C@H]2O)[C@@H](O)[C@@H](O)[C@@H]1O. The van der Waals surface area contributed by atoms with E-state index in [2.05, 4.69) is 4.52 Å². The zero-order valence-corrected chi connectivity index (χ0v) is 37.6. The van der Waals surface area contributed by atoms with Gasteiger partial charge in [-0.3, -0.25) is 4.52 Å². The summed E-state index contributed by atoms with van der Waals surface area (Å²) in [5.41, 5.74) is 0. The molecule has 6 fully saturated rings. The highest BCUT2D eigenvalue weighted by atomic mass is 31.2. The van der Waals surface area contributed by atoms with Crippen molar-refractivity contribution in [2.45, 2.75) is 184 Å². The molecule has 0 radical (unpaired) electrons. The molecule has 71 heavy (non-hydrogen) atoms. The van der Waals surface area contributed by atoms with Crippen LogP contribution in [0.3, 0.4) is 0 Å². The first-order chi connectivity index (χ1) is 33.4. The molecule has 35 heteroatoms. The minimum absolute atomic E-state index is 0.838. The Morgan fingerprint density at radius 2 is 0.577 bits per heavy atom. The minimum Gasteiger partial charge on any atom is -0.394 e. The minimum atomic E-state index is -5.17. The van der Waals surface area contributed by atoms with Crippen LogP contribution < -0.4 is 0 Å². The van der Waals surface area contributed by atoms with E-state index < -0.39 is 232 Å². The summed E-state index contributed by atoms with van der Waals surface area (Å²) in [5, 5.41) is 203. The lowest BCUT2D eigenvalue weighted by atomic mass is 9.95. The van der Waals surface area contributed by atoms with Crippen LogP contribution in [0.25, 0.3) is 0 Å². The number of rotatable bonds is 18. The van der Waals surface area contributed by atoms with Crippen molar-refractivity contribution in [3.63, 3.8) is 0 Å². The smallest absolute Gasteiger partial charge is 0.394 e. The number of phosphoric acid groups is 1. The summed E-state index contributed by atoms with van der Waals surface area (Å²) in [5.74, 6) is 0. The average molecular weight is 1070 g/mol. The van der Waals surface area contributed by atoms with Gasteiger partial charge in [0.2, 0.25) is 0 Å². The van der Waals surface area contributed by atoms with Gasteiger partial charge in [0.1, 0.15) is 146 Å². The van der Waals surface area contributed by atoms with E-state index in [1.807, 2.05) is 0 Å². The molecule has 416 valence electrons. The molecule has 1 unspecified atom stereocenters. The van der Waals surface area contributed by atoms with Gasteiger partial charge < -0.3 is 159 Å². The highest BCUT2D eigenvalue weighted by Crippen LogP contribution is 2.39. The van der Waals surface area contributed by atoms with Crippen molar-refractivity contribution in [2.24, 2.45) is 0 Å². The molecule has 0 bridgehead atoms. The number of aliphatic hydroxyl groups excluding tert-OH is 19. The molecule has 21 N–H and O–H groups in total. The lowest BCUT2D eigenvalue weighted by Gasteiger charge is -2.50. The highest BCUT2D eigenvalue weighted by Gasteiger charge is 2.58. The molecule has 30 atom stereocenters. The average Bonchev–Trinajstić information content (AvgIpc) is 3.33. The number of hydrogen-bond acceptors (Lipinski definition) is 32. The Kier molecular flexibility index (Phi) is 20.8. The zero-order valence-electron chi connectivity index (χ0n) is 36.7. The van der Waals surface area contributed by atoms with Crippen LogP contribution in [-0.4, -0.2) is 331 Å². The molecule has 0 aliphatic carbocycles. The van der Waals surface area contributed by atoms with Crippen LogP contribution in [0.15, 0.2) is 0 Å². The van der Waals surface area contributed by atoms with Crippen LogP contribution in [0.5, 0.6) is 0 Å². The predicted molar refractivity (Wildman–Crippen MR) is 210 cm³/mol. The van der Waals surface area contributed by atoms with Gasteiger partial charge in [-0.25, -0.2) is 4.57 Å². The lowest BCUT2D eigenvalue weighted by molar-refractivity contribution is -0.399. The van der Waals surface area contributed by atoms with Crippen molar-refractivity contribution < 1.29 is 168 Å². The van der Waals surface area contributed by atoms with Crippen LogP contribution >= 0.6 is 7.82 Å². The molecule has 6 rings (SSSR count). The molecule has 6 aliphatic heterocycles. The summed E-state index contributed by atoms with van der Waals surface area (Å²) in [7, 11) is -5.17. The number of phosphoric ester groups is 1. The molecular formula is C36H63O34P. The normalized spacial score (nSPS) is 51.3. The Morgan fingerprint density at radius 1 is 0.310 bits per heavy atom. The van der Waals surface area contributed by atoms with Crippen LogP contribution in [-0.2, 0) is 61.2 Å². The van der Waals surface area contributed by atoms with E-state index in [1.165, 1.54) is 0 Å². The van der Waals surface area contributed by atoms with Gasteiger partial charge in [0, 0.05) is 0 Å². The van der Waals surface area contributed by atoms with Crippen LogP contribution in [0.2, 0.25) is 0 Å². The van der Waals surface area contributed by atoms with Crippen molar-refractivity contribution in [3.8, 4) is 0 Å². The summed E-state index contributed by atoms with van der Waals surface area (Å²) >= 11 is 0. The van der Waals surface area contributed by atoms with Crippen molar-refractivity contribution in [1.29, 1.82) is 0 Å². The van der Waals surface area contributed by atoms with Gasteiger partial charge in [-0.15, -0.1) is 0 Å². The summed E-state index contributed by atoms with van der Waals surface area (Å²) in [6, 6.07) is 0. The zero-order chi connectivity index (χ0) is 52.5. The Bertz CT molecular complexity index is 1690. The van der Waals surface area contributed by atoms with E-state index in [1.54, 1.807) is 0 Å². The highest BCUT2D eigenvalue weighted by molar-refractivity contribution is 7.46. The van der Waals surface area contributed by atoms with Gasteiger partial charge in [-0.1, -0.05) is 0 Å². The van der Waals surface area contributed by atoms with Crippen LogP contribution in [0.4, 0.5) is 0 Å². The molecular weight excluding hydrogens is 1010 g/mol. The summed E-state index contributed by atoms with van der Waals surface area (Å²) < 4.78 is 76.0. The predicted octanol–water partition coefficient (Wildman–Crippen LogP) is -14.0. The molecule has 0 amide bonds. The monoisotopic (exact) mass is 1070 g/mol. The van der Waals surface area contributed by atoms with Gasteiger partial charge in [0.15, 0.2) is 37.7 Å². The molecule has 0 spiro atoms. The van der Waals surface area contributed by atoms with Crippen molar-refractivity contribution >= 4 is 7.82 Å². The van der Waals surface area contributed by atoms with E-state index >= 15 is 0 Å². The maximum atomic E-state index is 11.6. The molecule has 0 aromatic rings. The Labute approximate surface area is 399 Å². The molecule has 0 aromatic heterocycles. The van der Waals surface area contributed by atoms with Crippen molar-refractivity contribution in [1.82, 2.24) is 0 Å². The fraction of sp³-hybridized carbons (Fsp3) is 1.00. The Hall–Kier alpha value is -1.09.